The molecule has 0 N–H and O–H groups in total. The zero-order valence-electron chi connectivity index (χ0n) is 14.7. The van der Waals surface area contributed by atoms with E-state index in [9.17, 15) is 0 Å². The molecule has 0 atom stereocenters. The summed E-state index contributed by atoms with van der Waals surface area (Å²) in [5.41, 5.74) is 4.67. The third-order valence-corrected chi connectivity index (χ3v) is 5.77. The Morgan fingerprint density at radius 1 is 0.833 bits per heavy atom. The van der Waals surface area contributed by atoms with Crippen molar-refractivity contribution in [3.8, 4) is 0 Å². The molecule has 0 heterocycles. The van der Waals surface area contributed by atoms with Crippen LogP contribution in [0.15, 0.2) is 58.3 Å². The molecular weight excluding hydrogens is 332 g/mol. The summed E-state index contributed by atoms with van der Waals surface area (Å²) in [5, 5.41) is 0. The molecule has 0 radical (unpaired) electrons. The third-order valence-electron chi connectivity index (χ3n) is 3.93. The van der Waals surface area contributed by atoms with Gasteiger partial charge in [0.25, 0.3) is 0 Å². The quantitative estimate of drug-likeness (QED) is 0.245. The highest BCUT2D eigenvalue weighted by molar-refractivity contribution is 7.98. The molecule has 2 nitrogen and oxygen atoms in total. The van der Waals surface area contributed by atoms with Gasteiger partial charge in [-0.15, -0.1) is 11.8 Å². The number of thioether (sulfide) groups is 1. The summed E-state index contributed by atoms with van der Waals surface area (Å²) < 4.78 is 3.89. The first kappa shape index (κ1) is 18.6. The molecule has 126 valence electrons. The van der Waals surface area contributed by atoms with E-state index >= 15 is 0 Å². The molecule has 0 aliphatic carbocycles. The second kappa shape index (κ2) is 8.36. The molecule has 0 saturated carbocycles. The summed E-state index contributed by atoms with van der Waals surface area (Å²) in [5.74, 6) is 0. The first-order valence-electron chi connectivity index (χ1n) is 7.68. The van der Waals surface area contributed by atoms with Crippen LogP contribution in [0.4, 0.5) is 0 Å². The van der Waals surface area contributed by atoms with E-state index in [4.69, 9.17) is 0 Å². The van der Waals surface area contributed by atoms with Crippen LogP contribution >= 0.6 is 23.7 Å². The fourth-order valence-corrected chi connectivity index (χ4v) is 3.89. The van der Waals surface area contributed by atoms with Crippen molar-refractivity contribution in [2.75, 3.05) is 13.3 Å². The van der Waals surface area contributed by atoms with E-state index in [1.54, 1.807) is 23.7 Å². The fourth-order valence-electron chi connectivity index (χ4n) is 2.32. The Morgan fingerprint density at radius 3 is 1.88 bits per heavy atom. The van der Waals surface area contributed by atoms with E-state index < -0.39 is 0 Å². The zero-order valence-corrected chi connectivity index (χ0v) is 16.4. The molecule has 24 heavy (non-hydrogen) atoms. The van der Waals surface area contributed by atoms with Gasteiger partial charge in [0.1, 0.15) is 7.05 Å². The number of hydrogen-bond donors (Lipinski definition) is 0. The van der Waals surface area contributed by atoms with Gasteiger partial charge >= 0.3 is 0 Å². The lowest BCUT2D eigenvalue weighted by molar-refractivity contribution is -0.430. The molecule has 0 saturated heterocycles. The first-order chi connectivity index (χ1) is 11.5. The monoisotopic (exact) mass is 356 g/mol. The minimum atomic E-state index is 1.13. The zero-order chi connectivity index (χ0) is 17.7. The molecule has 0 aliphatic heterocycles. The molecule has 0 spiro atoms. The predicted octanol–water partition coefficient (Wildman–Crippen LogP) is 4.97. The molecule has 4 heteroatoms. The van der Waals surface area contributed by atoms with E-state index in [-0.39, 0.29) is 0 Å². The van der Waals surface area contributed by atoms with Gasteiger partial charge in [0, 0.05) is 17.7 Å². The Kier molecular flexibility index (Phi) is 6.46. The van der Waals surface area contributed by atoms with Crippen LogP contribution < -0.4 is 0 Å². The highest BCUT2D eigenvalue weighted by Crippen LogP contribution is 2.26. The molecule has 2 aromatic carbocycles. The maximum Gasteiger partial charge on any atom is 0.165 e. The van der Waals surface area contributed by atoms with E-state index in [2.05, 4.69) is 82.7 Å². The molecule has 2 aromatic rings. The van der Waals surface area contributed by atoms with Crippen molar-refractivity contribution in [3.63, 3.8) is 0 Å². The van der Waals surface area contributed by atoms with E-state index in [1.165, 1.54) is 20.9 Å². The Balaban J connectivity index is 2.43. The summed E-state index contributed by atoms with van der Waals surface area (Å²) in [6, 6.07) is 16.8. The largest absolute Gasteiger partial charge is 0.368 e. The van der Waals surface area contributed by atoms with Gasteiger partial charge in [0.15, 0.2) is 11.9 Å². The van der Waals surface area contributed by atoms with Crippen LogP contribution in [0, 0.1) is 14.1 Å². The van der Waals surface area contributed by atoms with Gasteiger partial charge in [-0.3, -0.25) is 3.98 Å². The maximum atomic E-state index is 4.24. The maximum absolute atomic E-state index is 4.24. The second-order valence-electron chi connectivity index (χ2n) is 5.53. The molecule has 0 aliphatic rings. The van der Waals surface area contributed by atoms with Crippen molar-refractivity contribution in [1.82, 2.24) is 0 Å². The van der Waals surface area contributed by atoms with Crippen molar-refractivity contribution in [2.24, 2.45) is 0 Å². The van der Waals surface area contributed by atoms with Crippen molar-refractivity contribution >= 4 is 35.1 Å². The number of benzene rings is 2. The van der Waals surface area contributed by atoms with Gasteiger partial charge in [-0.2, -0.15) is 0 Å². The van der Waals surface area contributed by atoms with E-state index in [0.717, 1.165) is 11.4 Å². The number of nitrogens with zero attached hydrogens (tertiary/aromatic N) is 2. The van der Waals surface area contributed by atoms with Gasteiger partial charge in [0.05, 0.1) is 10.6 Å². The van der Waals surface area contributed by atoms with Crippen molar-refractivity contribution in [3.05, 3.63) is 73.8 Å². The predicted molar refractivity (Wildman–Crippen MR) is 107 cm³/mol. The van der Waals surface area contributed by atoms with Crippen molar-refractivity contribution < 1.29 is 8.56 Å². The fraction of sp³-hybridized carbons (Fsp3) is 0.200. The molecule has 0 aromatic heterocycles. The summed E-state index contributed by atoms with van der Waals surface area (Å²) >= 11 is 3.39. The second-order valence-corrected chi connectivity index (χ2v) is 7.45. The van der Waals surface area contributed by atoms with Crippen LogP contribution in [-0.2, 0) is 0 Å². The normalized spacial score (nSPS) is 13.3. The average Bonchev–Trinajstić information content (AvgIpc) is 2.60. The van der Waals surface area contributed by atoms with Gasteiger partial charge < -0.3 is 4.58 Å². The lowest BCUT2D eigenvalue weighted by Crippen LogP contribution is -2.12. The van der Waals surface area contributed by atoms with Crippen LogP contribution in [0.3, 0.4) is 0 Å². The molecule has 0 amide bonds. The Labute approximate surface area is 154 Å². The van der Waals surface area contributed by atoms with Crippen LogP contribution in [0.5, 0.6) is 0 Å². The minimum absolute atomic E-state index is 1.13. The first-order valence-corrected chi connectivity index (χ1v) is 9.68. The van der Waals surface area contributed by atoms with Gasteiger partial charge in [-0.05, 0) is 50.4 Å². The standard InChI is InChI=1S/C20H24N2S2/c1-15(21(3)4)17-11-8-10-14-20(17)24-22(5)16(2)18-12-7-9-13-19(18)23-6/h7-14H,3,5H2,1-2,4,6H3. The van der Waals surface area contributed by atoms with Gasteiger partial charge in [-0.1, -0.05) is 36.4 Å². The lowest BCUT2D eigenvalue weighted by Gasteiger charge is -2.15. The summed E-state index contributed by atoms with van der Waals surface area (Å²) in [6.07, 6.45) is 2.10. The van der Waals surface area contributed by atoms with Gasteiger partial charge in [-0.25, -0.2) is 0 Å². The van der Waals surface area contributed by atoms with Crippen LogP contribution in [0.25, 0.3) is 0 Å². The van der Waals surface area contributed by atoms with E-state index in [1.807, 2.05) is 15.6 Å². The lowest BCUT2D eigenvalue weighted by atomic mass is 10.1. The summed E-state index contributed by atoms with van der Waals surface area (Å²) in [6.45, 7) is 4.20. The van der Waals surface area contributed by atoms with Gasteiger partial charge in [0.2, 0.25) is 0 Å². The molecule has 0 unspecified atom stereocenters. The van der Waals surface area contributed by atoms with E-state index in [0.29, 0.717) is 0 Å². The Morgan fingerprint density at radius 2 is 1.33 bits per heavy atom. The topological polar surface area (TPSA) is 6.02 Å². The highest BCUT2D eigenvalue weighted by atomic mass is 32.2. The smallest absolute Gasteiger partial charge is 0.165 e. The molecule has 0 fully saturated rings. The van der Waals surface area contributed by atoms with Crippen LogP contribution in [0.2, 0.25) is 0 Å². The van der Waals surface area contributed by atoms with Crippen LogP contribution in [0.1, 0.15) is 25.0 Å². The van der Waals surface area contributed by atoms with Crippen LogP contribution in [-0.4, -0.2) is 33.3 Å². The average molecular weight is 357 g/mol. The number of rotatable bonds is 5. The van der Waals surface area contributed by atoms with Crippen molar-refractivity contribution in [2.45, 2.75) is 23.6 Å². The van der Waals surface area contributed by atoms with Crippen molar-refractivity contribution in [1.29, 1.82) is 0 Å². The number of hydrogen-bond acceptors (Lipinski definition) is 2. The summed E-state index contributed by atoms with van der Waals surface area (Å²) in [7, 11) is 10.2. The Bertz CT molecular complexity index is 788. The SMILES string of the molecule is [CH2-]/[N+](C)=C(/C)c1ccccc1S/[N+]([CH2-])=C(\C)c1ccccc1SC. The molecule has 2 rings (SSSR count). The highest BCUT2D eigenvalue weighted by Gasteiger charge is 2.11. The summed E-state index contributed by atoms with van der Waals surface area (Å²) in [4.78, 5) is 2.43. The third kappa shape index (κ3) is 4.19. The molecular formula is C20H24N2S2. The minimum Gasteiger partial charge on any atom is -0.368 e. The Hall–Kier alpha value is -1.78. The molecule has 0 bridgehead atoms.